The second kappa shape index (κ2) is 17.8. The monoisotopic (exact) mass is 433 g/mol. The van der Waals surface area contributed by atoms with E-state index in [1.165, 1.54) is 57.8 Å². The maximum Gasteiger partial charge on any atom is 0.251 e. The number of nitrogens with one attached hydrogen (secondary N) is 1. The van der Waals surface area contributed by atoms with E-state index in [1.807, 2.05) is 13.0 Å². The number of hydrogen-bond donors (Lipinski definition) is 2. The number of benzene rings is 1. The Hall–Kier alpha value is -1.85. The molecule has 5 nitrogen and oxygen atoms in total. The smallest absolute Gasteiger partial charge is 0.251 e. The van der Waals surface area contributed by atoms with Gasteiger partial charge in [-0.3, -0.25) is 4.79 Å². The molecule has 0 aliphatic rings. The number of hydrogen-bond acceptors (Lipinski definition) is 4. The normalized spacial score (nSPS) is 13.3. The minimum absolute atomic E-state index is 0.167. The lowest BCUT2D eigenvalue weighted by atomic mass is 10.1. The Bertz CT molecular complexity index is 600. The Balaban J connectivity index is 2.15. The fourth-order valence-corrected chi connectivity index (χ4v) is 3.36. The number of unbranched alkanes of at least 4 members (excludes halogenated alkanes) is 10. The molecule has 31 heavy (non-hydrogen) atoms. The summed E-state index contributed by atoms with van der Waals surface area (Å²) < 4.78 is 10.2. The number of aliphatic hydroxyl groups excluding tert-OH is 1. The number of allylic oxidation sites excluding steroid dienone is 1. The fourth-order valence-electron chi connectivity index (χ4n) is 3.36. The number of amides is 1. The van der Waals surface area contributed by atoms with Gasteiger partial charge in [0.05, 0.1) is 12.1 Å². The molecule has 0 heterocycles. The van der Waals surface area contributed by atoms with E-state index in [4.69, 9.17) is 9.47 Å². The topological polar surface area (TPSA) is 67.8 Å². The lowest BCUT2D eigenvalue weighted by molar-refractivity contribution is 0.0511. The predicted molar refractivity (Wildman–Crippen MR) is 127 cm³/mol. The largest absolute Gasteiger partial charge is 0.468 e. The lowest BCUT2D eigenvalue weighted by Crippen LogP contribution is -2.40. The number of methoxy groups -OCH3 is 1. The van der Waals surface area contributed by atoms with Crippen molar-refractivity contribution in [3.8, 4) is 5.75 Å². The van der Waals surface area contributed by atoms with E-state index in [9.17, 15) is 9.90 Å². The van der Waals surface area contributed by atoms with Gasteiger partial charge in [-0.15, -0.1) is 0 Å². The first-order valence-corrected chi connectivity index (χ1v) is 12.0. The van der Waals surface area contributed by atoms with Crippen molar-refractivity contribution in [2.75, 3.05) is 13.9 Å². The van der Waals surface area contributed by atoms with Crippen LogP contribution >= 0.6 is 0 Å². The molecule has 0 saturated carbocycles. The van der Waals surface area contributed by atoms with E-state index in [1.54, 1.807) is 37.5 Å². The van der Waals surface area contributed by atoms with Crippen molar-refractivity contribution in [3.63, 3.8) is 0 Å². The first-order chi connectivity index (χ1) is 15.1. The lowest BCUT2D eigenvalue weighted by Gasteiger charge is -2.17. The molecule has 1 amide bonds. The molecule has 1 aromatic rings. The quantitative estimate of drug-likeness (QED) is 0.169. The van der Waals surface area contributed by atoms with Crippen LogP contribution in [0.5, 0.6) is 5.75 Å². The number of rotatable bonds is 18. The van der Waals surface area contributed by atoms with Crippen LogP contribution < -0.4 is 10.1 Å². The van der Waals surface area contributed by atoms with E-state index in [2.05, 4.69) is 12.2 Å². The van der Waals surface area contributed by atoms with Gasteiger partial charge in [0.1, 0.15) is 5.75 Å². The molecule has 2 N–H and O–H groups in total. The highest BCUT2D eigenvalue weighted by Gasteiger charge is 2.15. The average Bonchev–Trinajstić information content (AvgIpc) is 2.78. The Morgan fingerprint density at radius 1 is 1.00 bits per heavy atom. The minimum Gasteiger partial charge on any atom is -0.468 e. The minimum atomic E-state index is -0.698. The van der Waals surface area contributed by atoms with Crippen LogP contribution in [0.3, 0.4) is 0 Å². The summed E-state index contributed by atoms with van der Waals surface area (Å²) in [6.07, 6.45) is 17.3. The summed E-state index contributed by atoms with van der Waals surface area (Å²) >= 11 is 0. The highest BCUT2D eigenvalue weighted by atomic mass is 16.7. The van der Waals surface area contributed by atoms with Gasteiger partial charge in [-0.1, -0.05) is 76.9 Å². The molecule has 0 aromatic heterocycles. The standard InChI is InChI=1S/C26H43NO4/c1-4-5-6-7-8-9-10-11-12-13-14-15-16-25(28)22(2)27-26(29)23-17-19-24(20-18-23)31-21-30-3/h15-20,22,25,28H,4-14,21H2,1-3H3,(H,27,29)/b16-15+/t22-,25-/m1/s1. The van der Waals surface area contributed by atoms with Gasteiger partial charge < -0.3 is 19.9 Å². The molecule has 0 aliphatic heterocycles. The van der Waals surface area contributed by atoms with Crippen LogP contribution in [0.4, 0.5) is 0 Å². The summed E-state index contributed by atoms with van der Waals surface area (Å²) in [6.45, 7) is 4.23. The molecule has 0 bridgehead atoms. The number of ether oxygens (including phenoxy) is 2. The molecule has 0 saturated heterocycles. The van der Waals surface area contributed by atoms with Crippen molar-refractivity contribution >= 4 is 5.91 Å². The van der Waals surface area contributed by atoms with Crippen molar-refractivity contribution in [2.45, 2.75) is 96.6 Å². The van der Waals surface area contributed by atoms with Crippen molar-refractivity contribution in [3.05, 3.63) is 42.0 Å². The van der Waals surface area contributed by atoms with E-state index >= 15 is 0 Å². The third kappa shape index (κ3) is 13.2. The van der Waals surface area contributed by atoms with E-state index < -0.39 is 6.10 Å². The molecular formula is C26H43NO4. The summed E-state index contributed by atoms with van der Waals surface area (Å²) in [5, 5.41) is 13.1. The highest BCUT2D eigenvalue weighted by molar-refractivity contribution is 5.94. The van der Waals surface area contributed by atoms with Crippen LogP contribution in [0.15, 0.2) is 36.4 Å². The van der Waals surface area contributed by atoms with Crippen LogP contribution in [0.1, 0.15) is 94.8 Å². The molecule has 0 fully saturated rings. The summed E-state index contributed by atoms with van der Waals surface area (Å²) in [7, 11) is 1.56. The third-order valence-electron chi connectivity index (χ3n) is 5.39. The first-order valence-electron chi connectivity index (χ1n) is 12.0. The zero-order valence-electron chi connectivity index (χ0n) is 19.8. The van der Waals surface area contributed by atoms with Crippen LogP contribution in [-0.2, 0) is 4.74 Å². The van der Waals surface area contributed by atoms with E-state index in [0.29, 0.717) is 11.3 Å². The molecule has 0 radical (unpaired) electrons. The molecule has 176 valence electrons. The first kappa shape index (κ1) is 27.2. The summed E-state index contributed by atoms with van der Waals surface area (Å²) in [5.41, 5.74) is 0.526. The summed E-state index contributed by atoms with van der Waals surface area (Å²) in [6, 6.07) is 6.48. The van der Waals surface area contributed by atoms with Gasteiger partial charge in [0, 0.05) is 12.7 Å². The third-order valence-corrected chi connectivity index (χ3v) is 5.39. The van der Waals surface area contributed by atoms with Crippen molar-refractivity contribution in [2.24, 2.45) is 0 Å². The van der Waals surface area contributed by atoms with Crippen molar-refractivity contribution in [1.29, 1.82) is 0 Å². The van der Waals surface area contributed by atoms with Crippen LogP contribution in [0.25, 0.3) is 0 Å². The Labute approximate surface area is 189 Å². The number of aliphatic hydroxyl groups is 1. The van der Waals surface area contributed by atoms with E-state index in [0.717, 1.165) is 12.8 Å². The molecule has 2 atom stereocenters. The molecule has 0 unspecified atom stereocenters. The average molecular weight is 434 g/mol. The number of carbonyl (C=O) groups is 1. The second-order valence-corrected chi connectivity index (χ2v) is 8.23. The molecular weight excluding hydrogens is 390 g/mol. The molecule has 0 spiro atoms. The Morgan fingerprint density at radius 2 is 1.58 bits per heavy atom. The highest BCUT2D eigenvalue weighted by Crippen LogP contribution is 2.13. The SMILES string of the molecule is CCCCCCCCCCCC/C=C/[C@@H](O)[C@@H](C)NC(=O)c1ccc(OCOC)cc1. The molecule has 0 aliphatic carbocycles. The summed E-state index contributed by atoms with van der Waals surface area (Å²) in [5.74, 6) is 0.425. The maximum atomic E-state index is 12.3. The molecule has 1 aromatic carbocycles. The van der Waals surface area contributed by atoms with Crippen LogP contribution in [0.2, 0.25) is 0 Å². The zero-order chi connectivity index (χ0) is 22.7. The Kier molecular flexibility index (Phi) is 15.6. The fraction of sp³-hybridized carbons (Fsp3) is 0.654. The summed E-state index contributed by atoms with van der Waals surface area (Å²) in [4.78, 5) is 12.3. The maximum absolute atomic E-state index is 12.3. The Morgan fingerprint density at radius 3 is 2.16 bits per heavy atom. The number of carbonyl (C=O) groups excluding carboxylic acids is 1. The van der Waals surface area contributed by atoms with Gasteiger partial charge >= 0.3 is 0 Å². The van der Waals surface area contributed by atoms with Crippen LogP contribution in [0, 0.1) is 0 Å². The van der Waals surface area contributed by atoms with Gasteiger partial charge in [-0.2, -0.15) is 0 Å². The van der Waals surface area contributed by atoms with Gasteiger partial charge in [0.15, 0.2) is 6.79 Å². The second-order valence-electron chi connectivity index (χ2n) is 8.23. The van der Waals surface area contributed by atoms with Gasteiger partial charge in [0.2, 0.25) is 0 Å². The van der Waals surface area contributed by atoms with Crippen molar-refractivity contribution < 1.29 is 19.4 Å². The zero-order valence-corrected chi connectivity index (χ0v) is 19.8. The molecule has 5 heteroatoms. The van der Waals surface area contributed by atoms with Gasteiger partial charge in [0.25, 0.3) is 5.91 Å². The molecule has 1 rings (SSSR count). The predicted octanol–water partition coefficient (Wildman–Crippen LogP) is 6.02. The van der Waals surface area contributed by atoms with E-state index in [-0.39, 0.29) is 18.7 Å². The van der Waals surface area contributed by atoms with Crippen molar-refractivity contribution in [1.82, 2.24) is 5.32 Å². The van der Waals surface area contributed by atoms with Gasteiger partial charge in [-0.05, 0) is 44.0 Å². The van der Waals surface area contributed by atoms with Gasteiger partial charge in [-0.25, -0.2) is 0 Å². The van der Waals surface area contributed by atoms with Crippen LogP contribution in [-0.4, -0.2) is 37.1 Å².